The minimum atomic E-state index is -0.364. The Morgan fingerprint density at radius 3 is 2.76 bits per heavy atom. The van der Waals surface area contributed by atoms with Crippen molar-refractivity contribution in [1.82, 2.24) is 10.2 Å². The molecule has 1 amide bonds. The molecule has 0 spiro atoms. The number of rotatable bonds is 7. The van der Waals surface area contributed by atoms with Crippen LogP contribution in [0.15, 0.2) is 52.1 Å². The van der Waals surface area contributed by atoms with Crippen LogP contribution >= 0.6 is 11.8 Å². The Kier molecular flexibility index (Phi) is 5.85. The lowest BCUT2D eigenvalue weighted by atomic mass is 10.1. The Hall–Kier alpha value is -2.80. The number of fused-ring (bicyclic) bond motifs is 1. The summed E-state index contributed by atoms with van der Waals surface area (Å²) < 4.78 is 11.2. The molecule has 1 aliphatic carbocycles. The van der Waals surface area contributed by atoms with E-state index in [0.29, 0.717) is 17.7 Å². The first-order chi connectivity index (χ1) is 14.1. The topological polar surface area (TPSA) is 77.2 Å². The highest BCUT2D eigenvalue weighted by Crippen LogP contribution is 2.29. The standard InChI is InChI=1S/C22H23N3O3S/c1-3-27-19-11-8-16(9-12-19)21-24-25-22(28-21)29-14(2)20(26)23-18-10-7-15-5-4-6-17(15)13-18/h7-14H,3-6H2,1-2H3,(H,23,26)/t14-/m1/s1. The molecule has 0 unspecified atom stereocenters. The van der Waals surface area contributed by atoms with Crippen molar-refractivity contribution >= 4 is 23.4 Å². The van der Waals surface area contributed by atoms with Crippen molar-refractivity contribution < 1.29 is 13.9 Å². The fraction of sp³-hybridized carbons (Fsp3) is 0.318. The van der Waals surface area contributed by atoms with Crippen molar-refractivity contribution in [2.24, 2.45) is 0 Å². The summed E-state index contributed by atoms with van der Waals surface area (Å²) >= 11 is 1.25. The first kappa shape index (κ1) is 19.5. The van der Waals surface area contributed by atoms with E-state index in [1.165, 1.54) is 29.3 Å². The first-order valence-corrected chi connectivity index (χ1v) is 10.7. The highest BCUT2D eigenvalue weighted by molar-refractivity contribution is 8.00. The molecule has 0 radical (unpaired) electrons. The Balaban J connectivity index is 1.37. The van der Waals surface area contributed by atoms with Crippen LogP contribution in [0.4, 0.5) is 5.69 Å². The number of anilines is 1. The zero-order valence-electron chi connectivity index (χ0n) is 16.5. The molecular formula is C22H23N3O3S. The predicted octanol–water partition coefficient (Wildman–Crippen LogP) is 4.74. The summed E-state index contributed by atoms with van der Waals surface area (Å²) in [6, 6.07) is 13.6. The van der Waals surface area contributed by atoms with Gasteiger partial charge in [-0.15, -0.1) is 10.2 Å². The van der Waals surface area contributed by atoms with E-state index in [1.54, 1.807) is 0 Å². The third kappa shape index (κ3) is 4.62. The summed E-state index contributed by atoms with van der Waals surface area (Å²) in [5.41, 5.74) is 4.37. The molecule has 0 saturated heterocycles. The molecule has 0 saturated carbocycles. The van der Waals surface area contributed by atoms with Gasteiger partial charge in [-0.2, -0.15) is 0 Å². The zero-order valence-corrected chi connectivity index (χ0v) is 17.3. The van der Waals surface area contributed by atoms with Crippen LogP contribution in [0.5, 0.6) is 5.75 Å². The number of carbonyl (C=O) groups excluding carboxylic acids is 1. The third-order valence-electron chi connectivity index (χ3n) is 4.83. The van der Waals surface area contributed by atoms with E-state index >= 15 is 0 Å². The van der Waals surface area contributed by atoms with E-state index in [9.17, 15) is 4.79 Å². The van der Waals surface area contributed by atoms with E-state index < -0.39 is 0 Å². The number of nitrogens with zero attached hydrogens (tertiary/aromatic N) is 2. The number of aryl methyl sites for hydroxylation is 2. The van der Waals surface area contributed by atoms with Gasteiger partial charge in [0.25, 0.3) is 5.22 Å². The summed E-state index contributed by atoms with van der Waals surface area (Å²) in [6.45, 7) is 4.39. The van der Waals surface area contributed by atoms with Gasteiger partial charge < -0.3 is 14.5 Å². The summed E-state index contributed by atoms with van der Waals surface area (Å²) in [7, 11) is 0. The van der Waals surface area contributed by atoms with Gasteiger partial charge in [0.1, 0.15) is 5.75 Å². The second kappa shape index (κ2) is 8.69. The summed E-state index contributed by atoms with van der Waals surface area (Å²) in [6.07, 6.45) is 3.40. The van der Waals surface area contributed by atoms with Crippen molar-refractivity contribution in [3.63, 3.8) is 0 Å². The first-order valence-electron chi connectivity index (χ1n) is 9.78. The number of ether oxygens (including phenoxy) is 1. The molecule has 1 N–H and O–H groups in total. The van der Waals surface area contributed by atoms with E-state index in [-0.39, 0.29) is 11.2 Å². The van der Waals surface area contributed by atoms with Crippen LogP contribution < -0.4 is 10.1 Å². The lowest BCUT2D eigenvalue weighted by molar-refractivity contribution is -0.115. The van der Waals surface area contributed by atoms with Crippen molar-refractivity contribution in [3.8, 4) is 17.2 Å². The van der Waals surface area contributed by atoms with Gasteiger partial charge in [0, 0.05) is 11.3 Å². The Morgan fingerprint density at radius 2 is 1.97 bits per heavy atom. The van der Waals surface area contributed by atoms with Gasteiger partial charge in [0.2, 0.25) is 11.8 Å². The number of benzene rings is 2. The molecule has 6 nitrogen and oxygen atoms in total. The number of hydrogen-bond acceptors (Lipinski definition) is 6. The number of thioether (sulfide) groups is 1. The molecule has 0 fully saturated rings. The van der Waals surface area contributed by atoms with Crippen LogP contribution in [0, 0.1) is 0 Å². The fourth-order valence-electron chi connectivity index (χ4n) is 3.33. The number of carbonyl (C=O) groups is 1. The summed E-state index contributed by atoms with van der Waals surface area (Å²) in [4.78, 5) is 12.6. The average Bonchev–Trinajstić information content (AvgIpc) is 3.38. The lowest BCUT2D eigenvalue weighted by Gasteiger charge is -2.11. The predicted molar refractivity (Wildman–Crippen MR) is 113 cm³/mol. The largest absolute Gasteiger partial charge is 0.494 e. The molecule has 7 heteroatoms. The van der Waals surface area contributed by atoms with Gasteiger partial charge in [0.05, 0.1) is 11.9 Å². The van der Waals surface area contributed by atoms with E-state index in [2.05, 4.69) is 27.6 Å². The van der Waals surface area contributed by atoms with E-state index in [1.807, 2.05) is 44.2 Å². The molecule has 3 aromatic rings. The van der Waals surface area contributed by atoms with Gasteiger partial charge in [0.15, 0.2) is 0 Å². The number of amides is 1. The minimum Gasteiger partial charge on any atom is -0.494 e. The maximum absolute atomic E-state index is 12.6. The van der Waals surface area contributed by atoms with Crippen LogP contribution in [0.25, 0.3) is 11.5 Å². The number of hydrogen-bond donors (Lipinski definition) is 1. The lowest BCUT2D eigenvalue weighted by Crippen LogP contribution is -2.22. The van der Waals surface area contributed by atoms with Crippen LogP contribution in [-0.2, 0) is 17.6 Å². The molecule has 1 aliphatic rings. The molecule has 4 rings (SSSR count). The second-order valence-electron chi connectivity index (χ2n) is 6.92. The number of nitrogens with one attached hydrogen (secondary N) is 1. The molecule has 0 bridgehead atoms. The van der Waals surface area contributed by atoms with E-state index in [4.69, 9.17) is 9.15 Å². The zero-order chi connectivity index (χ0) is 20.2. The molecule has 0 aliphatic heterocycles. The van der Waals surface area contributed by atoms with Crippen LogP contribution in [0.2, 0.25) is 0 Å². The highest BCUT2D eigenvalue weighted by atomic mass is 32.2. The molecule has 1 atom stereocenters. The molecular weight excluding hydrogens is 386 g/mol. The smallest absolute Gasteiger partial charge is 0.277 e. The van der Waals surface area contributed by atoms with E-state index in [0.717, 1.165) is 29.8 Å². The van der Waals surface area contributed by atoms with Crippen molar-refractivity contribution in [2.75, 3.05) is 11.9 Å². The molecule has 29 heavy (non-hydrogen) atoms. The Bertz CT molecular complexity index is 1000. The highest BCUT2D eigenvalue weighted by Gasteiger charge is 2.20. The third-order valence-corrected chi connectivity index (χ3v) is 5.77. The van der Waals surface area contributed by atoms with Crippen LogP contribution in [0.3, 0.4) is 0 Å². The Morgan fingerprint density at radius 1 is 1.17 bits per heavy atom. The molecule has 150 valence electrons. The van der Waals surface area contributed by atoms with Crippen LogP contribution in [0.1, 0.15) is 31.4 Å². The van der Waals surface area contributed by atoms with Gasteiger partial charge >= 0.3 is 0 Å². The van der Waals surface area contributed by atoms with Crippen LogP contribution in [-0.4, -0.2) is 28.0 Å². The summed E-state index contributed by atoms with van der Waals surface area (Å²) in [5, 5.41) is 11.1. The molecule has 1 aromatic heterocycles. The van der Waals surface area contributed by atoms with Gasteiger partial charge in [-0.3, -0.25) is 4.79 Å². The maximum atomic E-state index is 12.6. The SMILES string of the molecule is CCOc1ccc(-c2nnc(S[C@H](C)C(=O)Nc3ccc4c(c3)CCC4)o2)cc1. The van der Waals surface area contributed by atoms with Crippen molar-refractivity contribution in [2.45, 2.75) is 43.6 Å². The summed E-state index contributed by atoms with van der Waals surface area (Å²) in [5.74, 6) is 1.12. The van der Waals surface area contributed by atoms with Crippen molar-refractivity contribution in [3.05, 3.63) is 53.6 Å². The Labute approximate surface area is 174 Å². The van der Waals surface area contributed by atoms with Gasteiger partial charge in [-0.25, -0.2) is 0 Å². The monoisotopic (exact) mass is 409 g/mol. The second-order valence-corrected chi connectivity index (χ2v) is 8.21. The van der Waals surface area contributed by atoms with Gasteiger partial charge in [-0.05, 0) is 80.6 Å². The maximum Gasteiger partial charge on any atom is 0.277 e. The average molecular weight is 410 g/mol. The van der Waals surface area contributed by atoms with Gasteiger partial charge in [-0.1, -0.05) is 17.8 Å². The quantitative estimate of drug-likeness (QED) is 0.568. The number of aromatic nitrogens is 2. The normalized spacial score (nSPS) is 13.7. The minimum absolute atomic E-state index is 0.0891. The molecule has 2 aromatic carbocycles. The fourth-order valence-corrected chi connectivity index (χ4v) is 4.02. The van der Waals surface area contributed by atoms with Crippen molar-refractivity contribution in [1.29, 1.82) is 0 Å². The molecule has 1 heterocycles.